The van der Waals surface area contributed by atoms with Crippen LogP contribution in [-0.4, -0.2) is 41.5 Å². The molecule has 2 heterocycles. The molecule has 2 aromatic rings. The fourth-order valence-electron chi connectivity index (χ4n) is 2.56. The molecule has 0 bridgehead atoms. The summed E-state index contributed by atoms with van der Waals surface area (Å²) >= 11 is 0. The summed E-state index contributed by atoms with van der Waals surface area (Å²) in [5.74, 6) is -0.199. The Morgan fingerprint density at radius 1 is 1.26 bits per heavy atom. The summed E-state index contributed by atoms with van der Waals surface area (Å²) in [5.41, 5.74) is 0. The lowest BCUT2D eigenvalue weighted by atomic mass is 10.1. The van der Waals surface area contributed by atoms with Crippen LogP contribution in [0.25, 0.3) is 0 Å². The molecule has 0 spiro atoms. The van der Waals surface area contributed by atoms with Crippen molar-refractivity contribution in [3.05, 3.63) is 42.6 Å². The largest absolute Gasteiger partial charge is 0.487 e. The Kier molecular flexibility index (Phi) is 4.36. The van der Waals surface area contributed by atoms with Crippen molar-refractivity contribution in [3.8, 4) is 5.75 Å². The van der Waals surface area contributed by atoms with Crippen LogP contribution in [0.15, 0.2) is 41.8 Å². The van der Waals surface area contributed by atoms with Gasteiger partial charge in [0.05, 0.1) is 6.33 Å². The van der Waals surface area contributed by atoms with Gasteiger partial charge in [0.25, 0.3) is 10.0 Å². The smallest absolute Gasteiger partial charge is 0.262 e. The second kappa shape index (κ2) is 6.29. The predicted molar refractivity (Wildman–Crippen MR) is 82.0 cm³/mol. The molecule has 6 nitrogen and oxygen atoms in total. The quantitative estimate of drug-likeness (QED) is 0.852. The zero-order valence-corrected chi connectivity index (χ0v) is 13.5. The summed E-state index contributed by atoms with van der Waals surface area (Å²) in [6.07, 6.45) is 3.78. The molecule has 0 amide bonds. The van der Waals surface area contributed by atoms with Gasteiger partial charge < -0.3 is 9.30 Å². The van der Waals surface area contributed by atoms with Crippen LogP contribution in [-0.2, 0) is 17.1 Å². The summed E-state index contributed by atoms with van der Waals surface area (Å²) in [4.78, 5) is 3.91. The van der Waals surface area contributed by atoms with Crippen LogP contribution < -0.4 is 4.74 Å². The first-order chi connectivity index (χ1) is 11.0. The minimum absolute atomic E-state index is 0.0495. The van der Waals surface area contributed by atoms with Crippen LogP contribution >= 0.6 is 0 Å². The molecular weight excluding hydrogens is 321 g/mol. The van der Waals surface area contributed by atoms with E-state index in [1.807, 2.05) is 0 Å². The molecule has 3 rings (SSSR count). The maximum Gasteiger partial charge on any atom is 0.262 e. The minimum Gasteiger partial charge on any atom is -0.487 e. The first-order valence-electron chi connectivity index (χ1n) is 7.36. The summed E-state index contributed by atoms with van der Waals surface area (Å²) in [6, 6.07) is 6.23. The molecule has 1 aromatic carbocycles. The van der Waals surface area contributed by atoms with Crippen molar-refractivity contribution in [1.82, 2.24) is 13.9 Å². The lowest BCUT2D eigenvalue weighted by Crippen LogP contribution is -2.41. The number of aryl methyl sites for hydroxylation is 1. The highest BCUT2D eigenvalue weighted by atomic mass is 32.2. The number of hydrogen-bond donors (Lipinski definition) is 0. The Morgan fingerprint density at radius 3 is 2.57 bits per heavy atom. The first-order valence-corrected chi connectivity index (χ1v) is 8.80. The number of halogens is 1. The third-order valence-corrected chi connectivity index (χ3v) is 5.60. The molecule has 0 N–H and O–H groups in total. The summed E-state index contributed by atoms with van der Waals surface area (Å²) in [7, 11) is -1.85. The van der Waals surface area contributed by atoms with Gasteiger partial charge in [-0.15, -0.1) is 0 Å². The Labute approximate surface area is 134 Å². The average Bonchev–Trinajstić information content (AvgIpc) is 2.98. The van der Waals surface area contributed by atoms with E-state index in [-0.39, 0.29) is 16.9 Å². The maximum absolute atomic E-state index is 13.6. The molecule has 0 atom stereocenters. The molecule has 0 radical (unpaired) electrons. The Morgan fingerprint density at radius 2 is 1.96 bits per heavy atom. The minimum atomic E-state index is -3.57. The lowest BCUT2D eigenvalue weighted by molar-refractivity contribution is 0.130. The monoisotopic (exact) mass is 339 g/mol. The van der Waals surface area contributed by atoms with Crippen LogP contribution in [0.4, 0.5) is 4.39 Å². The van der Waals surface area contributed by atoms with Gasteiger partial charge in [-0.25, -0.2) is 17.8 Å². The molecule has 1 aromatic heterocycles. The van der Waals surface area contributed by atoms with E-state index in [1.165, 1.54) is 22.9 Å². The van der Waals surface area contributed by atoms with Gasteiger partial charge in [0, 0.05) is 26.3 Å². The SMILES string of the molecule is Cn1cnc(S(=O)(=O)N2CCC(Oc3ccccc3F)CC2)c1. The van der Waals surface area contributed by atoms with E-state index in [4.69, 9.17) is 4.74 Å². The molecule has 0 aliphatic carbocycles. The Bertz CT molecular complexity index is 783. The molecule has 1 aliphatic rings. The second-order valence-corrected chi connectivity index (χ2v) is 7.41. The molecule has 0 unspecified atom stereocenters. The highest BCUT2D eigenvalue weighted by molar-refractivity contribution is 7.89. The number of imidazole rings is 1. The molecule has 124 valence electrons. The van der Waals surface area contributed by atoms with E-state index in [0.29, 0.717) is 25.9 Å². The van der Waals surface area contributed by atoms with Gasteiger partial charge in [0.1, 0.15) is 6.10 Å². The molecule has 23 heavy (non-hydrogen) atoms. The predicted octanol–water partition coefficient (Wildman–Crippen LogP) is 1.79. The fourth-order valence-corrected chi connectivity index (χ4v) is 4.00. The maximum atomic E-state index is 13.6. The van der Waals surface area contributed by atoms with Crippen molar-refractivity contribution in [1.29, 1.82) is 0 Å². The van der Waals surface area contributed by atoms with Crippen LogP contribution in [0, 0.1) is 5.82 Å². The summed E-state index contributed by atoms with van der Waals surface area (Å²) < 4.78 is 47.2. The zero-order chi connectivity index (χ0) is 16.4. The van der Waals surface area contributed by atoms with E-state index < -0.39 is 15.8 Å². The molecule has 1 saturated heterocycles. The van der Waals surface area contributed by atoms with Crippen molar-refractivity contribution in [3.63, 3.8) is 0 Å². The van der Waals surface area contributed by atoms with Crippen LogP contribution in [0.5, 0.6) is 5.75 Å². The molecule has 1 fully saturated rings. The van der Waals surface area contributed by atoms with Crippen molar-refractivity contribution in [2.75, 3.05) is 13.1 Å². The van der Waals surface area contributed by atoms with Gasteiger partial charge in [-0.05, 0) is 25.0 Å². The molecule has 1 aliphatic heterocycles. The molecule has 0 saturated carbocycles. The molecular formula is C15H18FN3O3S. The number of nitrogens with zero attached hydrogens (tertiary/aromatic N) is 3. The van der Waals surface area contributed by atoms with Gasteiger partial charge in [0.2, 0.25) is 0 Å². The van der Waals surface area contributed by atoms with E-state index in [9.17, 15) is 12.8 Å². The normalized spacial score (nSPS) is 17.3. The lowest BCUT2D eigenvalue weighted by Gasteiger charge is -2.30. The van der Waals surface area contributed by atoms with Crippen molar-refractivity contribution >= 4 is 10.0 Å². The third kappa shape index (κ3) is 3.37. The molecule has 8 heteroatoms. The van der Waals surface area contributed by atoms with Gasteiger partial charge in [-0.2, -0.15) is 4.31 Å². The second-order valence-electron chi connectivity index (χ2n) is 5.53. The van der Waals surface area contributed by atoms with Crippen molar-refractivity contribution in [2.24, 2.45) is 7.05 Å². The Balaban J connectivity index is 1.63. The third-order valence-electron chi connectivity index (χ3n) is 3.82. The standard InChI is InChI=1S/C15H18FN3O3S/c1-18-10-15(17-11-18)23(20,21)19-8-6-12(7-9-19)22-14-5-3-2-4-13(14)16/h2-5,10-12H,6-9H2,1H3. The number of piperidine rings is 1. The summed E-state index contributed by atoms with van der Waals surface area (Å²) in [6.45, 7) is 0.663. The highest BCUT2D eigenvalue weighted by Gasteiger charge is 2.31. The van der Waals surface area contributed by atoms with E-state index in [1.54, 1.807) is 29.8 Å². The first kappa shape index (κ1) is 15.9. The number of rotatable bonds is 4. The Hall–Kier alpha value is -1.93. The van der Waals surface area contributed by atoms with Crippen LogP contribution in [0.3, 0.4) is 0 Å². The summed E-state index contributed by atoms with van der Waals surface area (Å²) in [5, 5.41) is 0.0495. The number of ether oxygens (including phenoxy) is 1. The number of sulfonamides is 1. The van der Waals surface area contributed by atoms with Crippen LogP contribution in [0.2, 0.25) is 0 Å². The number of benzene rings is 1. The highest BCUT2D eigenvalue weighted by Crippen LogP contribution is 2.24. The number of para-hydroxylation sites is 1. The van der Waals surface area contributed by atoms with Gasteiger partial charge in [0.15, 0.2) is 16.6 Å². The number of aromatic nitrogens is 2. The van der Waals surface area contributed by atoms with Gasteiger partial charge in [-0.1, -0.05) is 12.1 Å². The van der Waals surface area contributed by atoms with Crippen LogP contribution in [0.1, 0.15) is 12.8 Å². The van der Waals surface area contributed by atoms with Gasteiger partial charge in [-0.3, -0.25) is 0 Å². The van der Waals surface area contributed by atoms with Gasteiger partial charge >= 0.3 is 0 Å². The van der Waals surface area contributed by atoms with E-state index in [0.717, 1.165) is 0 Å². The average molecular weight is 339 g/mol. The van der Waals surface area contributed by atoms with Crippen molar-refractivity contribution < 1.29 is 17.5 Å². The fraction of sp³-hybridized carbons (Fsp3) is 0.400. The van der Waals surface area contributed by atoms with Crippen molar-refractivity contribution in [2.45, 2.75) is 24.0 Å². The topological polar surface area (TPSA) is 64.4 Å². The zero-order valence-electron chi connectivity index (χ0n) is 12.7. The van der Waals surface area contributed by atoms with E-state index in [2.05, 4.69) is 4.98 Å². The number of hydrogen-bond acceptors (Lipinski definition) is 4. The van der Waals surface area contributed by atoms with E-state index >= 15 is 0 Å².